The normalized spacial score (nSPS) is 32.6. The Morgan fingerprint density at radius 3 is 1.16 bits per heavy atom. The number of carbonyl (C=O) groups excluding carboxylic acids is 2. The summed E-state index contributed by atoms with van der Waals surface area (Å²) in [6, 6.07) is 18.5. The number of aldehydes is 1. The molecule has 0 heterocycles. The van der Waals surface area contributed by atoms with Crippen molar-refractivity contribution < 1.29 is 14.3 Å². The zero-order chi connectivity index (χ0) is 47.3. The van der Waals surface area contributed by atoms with Crippen LogP contribution in [0, 0.1) is 59.2 Å². The summed E-state index contributed by atoms with van der Waals surface area (Å²) >= 11 is 0. The molecule has 0 bridgehead atoms. The van der Waals surface area contributed by atoms with Crippen LogP contribution >= 0.6 is 0 Å². The predicted octanol–water partition coefficient (Wildman–Crippen LogP) is 18.7. The zero-order valence-corrected chi connectivity index (χ0v) is 43.8. The first-order valence-corrected chi connectivity index (χ1v) is 29.5. The molecule has 2 aromatic carbocycles. The van der Waals surface area contributed by atoms with Gasteiger partial charge in [-0.25, -0.2) is 0 Å². The second-order valence-corrected chi connectivity index (χ2v) is 23.8. The van der Waals surface area contributed by atoms with Crippen molar-refractivity contribution in [3.63, 3.8) is 0 Å². The summed E-state index contributed by atoms with van der Waals surface area (Å²) in [6.07, 6.45) is 54.5. The number of esters is 1. The monoisotopic (exact) mass is 927 g/mol. The number of methoxy groups -OCH3 is 1. The molecule has 6 aliphatic carbocycles. The highest BCUT2D eigenvalue weighted by Gasteiger charge is 2.32. The van der Waals surface area contributed by atoms with Gasteiger partial charge in [-0.1, -0.05) is 164 Å². The van der Waals surface area contributed by atoms with E-state index in [1.165, 1.54) is 196 Å². The summed E-state index contributed by atoms with van der Waals surface area (Å²) in [4.78, 5) is 22.8. The molecule has 376 valence electrons. The molecule has 0 spiro atoms. The lowest BCUT2D eigenvalue weighted by atomic mass is 9.68. The first-order chi connectivity index (χ1) is 33.4. The Morgan fingerprint density at radius 2 is 0.809 bits per heavy atom. The van der Waals surface area contributed by atoms with Crippen molar-refractivity contribution in [3.8, 4) is 0 Å². The van der Waals surface area contributed by atoms with Gasteiger partial charge in [0.05, 0.1) is 13.0 Å². The van der Waals surface area contributed by atoms with E-state index in [0.29, 0.717) is 17.8 Å². The van der Waals surface area contributed by atoms with Crippen molar-refractivity contribution in [2.24, 2.45) is 59.2 Å². The van der Waals surface area contributed by atoms with Gasteiger partial charge in [-0.15, -0.1) is 0 Å². The fourth-order valence-corrected chi connectivity index (χ4v) is 14.6. The molecule has 0 unspecified atom stereocenters. The minimum Gasteiger partial charge on any atom is -0.469 e. The van der Waals surface area contributed by atoms with Crippen LogP contribution in [0.15, 0.2) is 60.7 Å². The fraction of sp³-hybridized carbons (Fsp3) is 0.723. The van der Waals surface area contributed by atoms with Crippen molar-refractivity contribution in [2.45, 2.75) is 231 Å². The van der Waals surface area contributed by atoms with Crippen molar-refractivity contribution >= 4 is 24.4 Å². The minimum atomic E-state index is -0.0249. The molecule has 6 aliphatic rings. The summed E-state index contributed by atoms with van der Waals surface area (Å²) in [7, 11) is 1.51. The number of hydrogen-bond acceptors (Lipinski definition) is 3. The average molecular weight is 927 g/mol. The molecule has 0 saturated heterocycles. The van der Waals surface area contributed by atoms with Crippen LogP contribution in [0.2, 0.25) is 0 Å². The van der Waals surface area contributed by atoms with E-state index in [9.17, 15) is 9.59 Å². The van der Waals surface area contributed by atoms with E-state index in [1.54, 1.807) is 0 Å². The highest BCUT2D eigenvalue weighted by molar-refractivity contribution is 5.72. The molecular weight excluding hydrogens is 829 g/mol. The molecule has 68 heavy (non-hydrogen) atoms. The van der Waals surface area contributed by atoms with E-state index in [4.69, 9.17) is 4.74 Å². The summed E-state index contributed by atoms with van der Waals surface area (Å²) in [5.74, 6) is 9.36. The maximum atomic E-state index is 11.8. The molecule has 0 aromatic heterocycles. The lowest BCUT2D eigenvalue weighted by molar-refractivity contribution is -0.146. The van der Waals surface area contributed by atoms with E-state index in [1.807, 2.05) is 0 Å². The Labute approximate surface area is 417 Å². The quantitative estimate of drug-likeness (QED) is 0.0850. The Kier molecular flexibility index (Phi) is 22.4. The largest absolute Gasteiger partial charge is 0.469 e. The summed E-state index contributed by atoms with van der Waals surface area (Å²) < 4.78 is 4.93. The van der Waals surface area contributed by atoms with Gasteiger partial charge in [0, 0.05) is 5.92 Å². The number of benzene rings is 2. The maximum Gasteiger partial charge on any atom is 0.308 e. The average Bonchev–Trinajstić information content (AvgIpc) is 3.41. The summed E-state index contributed by atoms with van der Waals surface area (Å²) in [6.45, 7) is 4.64. The van der Waals surface area contributed by atoms with E-state index in [-0.39, 0.29) is 11.9 Å². The molecule has 6 fully saturated rings. The number of rotatable bonds is 18. The van der Waals surface area contributed by atoms with Crippen LogP contribution in [-0.2, 0) is 14.3 Å². The van der Waals surface area contributed by atoms with Gasteiger partial charge < -0.3 is 9.53 Å². The lowest BCUT2D eigenvalue weighted by Gasteiger charge is -2.37. The van der Waals surface area contributed by atoms with Crippen LogP contribution in [0.5, 0.6) is 0 Å². The molecule has 6 saturated carbocycles. The second kappa shape index (κ2) is 28.8. The number of ether oxygens (including phenoxy) is 1. The number of unbranched alkanes of at least 4 members (excludes halogenated alkanes) is 4. The molecule has 3 heteroatoms. The summed E-state index contributed by atoms with van der Waals surface area (Å²) in [5, 5.41) is 0. The molecular formula is C65H98O3. The van der Waals surface area contributed by atoms with Crippen LogP contribution in [0.25, 0.3) is 12.2 Å². The van der Waals surface area contributed by atoms with Gasteiger partial charge in [0.1, 0.15) is 6.29 Å². The van der Waals surface area contributed by atoms with E-state index in [0.717, 1.165) is 92.2 Å². The molecule has 0 N–H and O–H groups in total. The fourth-order valence-electron chi connectivity index (χ4n) is 14.6. The van der Waals surface area contributed by atoms with Crippen LogP contribution in [0.4, 0.5) is 0 Å². The van der Waals surface area contributed by atoms with Crippen LogP contribution < -0.4 is 0 Å². The molecule has 3 nitrogen and oxygen atoms in total. The molecule has 2 aromatic rings. The zero-order valence-electron chi connectivity index (χ0n) is 43.8. The predicted molar refractivity (Wildman–Crippen MR) is 289 cm³/mol. The van der Waals surface area contributed by atoms with Crippen molar-refractivity contribution in [1.82, 2.24) is 0 Å². The Morgan fingerprint density at radius 1 is 0.456 bits per heavy atom. The second-order valence-electron chi connectivity index (χ2n) is 23.8. The third kappa shape index (κ3) is 16.6. The number of carbonyl (C=O) groups is 2. The molecule has 0 amide bonds. The van der Waals surface area contributed by atoms with Crippen LogP contribution in [-0.4, -0.2) is 19.4 Å². The molecule has 0 aliphatic heterocycles. The first-order valence-electron chi connectivity index (χ1n) is 29.5. The third-order valence-electron chi connectivity index (χ3n) is 19.3. The highest BCUT2D eigenvalue weighted by Crippen LogP contribution is 2.45. The smallest absolute Gasteiger partial charge is 0.308 e. The Bertz CT molecular complexity index is 1740. The number of hydrogen-bond donors (Lipinski definition) is 0. The third-order valence-corrected chi connectivity index (χ3v) is 19.3. The Hall–Kier alpha value is -2.94. The highest BCUT2D eigenvalue weighted by atomic mass is 16.5. The molecule has 0 atom stereocenters. The minimum absolute atomic E-state index is 0.0249. The van der Waals surface area contributed by atoms with Crippen molar-refractivity contribution in [2.75, 3.05) is 7.11 Å². The van der Waals surface area contributed by atoms with Crippen LogP contribution in [0.1, 0.15) is 253 Å². The topological polar surface area (TPSA) is 43.4 Å². The van der Waals surface area contributed by atoms with Gasteiger partial charge in [-0.3, -0.25) is 4.79 Å². The van der Waals surface area contributed by atoms with Gasteiger partial charge in [0.25, 0.3) is 0 Å². The molecule has 8 rings (SSSR count). The lowest BCUT2D eigenvalue weighted by Crippen LogP contribution is -2.25. The standard InChI is InChI=1S/C33H50O2.C32H48O/c1-3-4-5-6-25-9-15-28(16-10-25)29-17-11-26(12-18-29)7-8-27-13-19-30(20-14-27)31-21-23-32(24-22-31)33(34)35-2;1-2-3-4-5-25-8-16-29(17-9-25)30-18-10-26(11-19-30)6-7-27-12-20-31(21-13-27)32-22-14-28(24-33)15-23-32/h7-8,13-14,19-20,25-26,28-29,31-32H,3-6,9-12,15-18,21-24H2,1-2H3;6-7,12-13,20-21,24-26,28-30,32H,2-5,8-11,14-19,22-23H2,1H3. The maximum absolute atomic E-state index is 11.8. The first kappa shape index (κ1) is 52.9. The van der Waals surface area contributed by atoms with E-state index >= 15 is 0 Å². The van der Waals surface area contributed by atoms with Crippen molar-refractivity contribution in [3.05, 3.63) is 82.9 Å². The van der Waals surface area contributed by atoms with Gasteiger partial charge in [-0.2, -0.15) is 0 Å². The van der Waals surface area contributed by atoms with E-state index < -0.39 is 0 Å². The van der Waals surface area contributed by atoms with E-state index in [2.05, 4.69) is 86.7 Å². The molecule has 0 radical (unpaired) electrons. The van der Waals surface area contributed by atoms with Gasteiger partial charge in [-0.05, 0) is 210 Å². The summed E-state index contributed by atoms with van der Waals surface area (Å²) in [5.41, 5.74) is 5.59. The van der Waals surface area contributed by atoms with Gasteiger partial charge >= 0.3 is 5.97 Å². The Balaban J connectivity index is 0.000000202. The van der Waals surface area contributed by atoms with Crippen molar-refractivity contribution in [1.29, 1.82) is 0 Å². The SMILES string of the molecule is CCCCCC1CCC(C2CCC(C=Cc3ccc(C4CCC(C(=O)OC)CC4)cc3)CC2)CC1.CCCCCC1CCC(C2CCC(C=Cc3ccc(C4CCC(C=O)CC4)cc3)CC2)CC1. The van der Waals surface area contributed by atoms with Crippen LogP contribution in [0.3, 0.4) is 0 Å². The number of allylic oxidation sites excluding steroid dienone is 2. The van der Waals surface area contributed by atoms with Gasteiger partial charge in [0.2, 0.25) is 0 Å². The van der Waals surface area contributed by atoms with Gasteiger partial charge in [0.15, 0.2) is 0 Å².